The van der Waals surface area contributed by atoms with Crippen LogP contribution in [0.4, 0.5) is 5.69 Å². The molecular weight excluding hydrogens is 242 g/mol. The largest absolute Gasteiger partial charge is 0.369 e. The van der Waals surface area contributed by atoms with Crippen LogP contribution in [0.3, 0.4) is 0 Å². The van der Waals surface area contributed by atoms with Gasteiger partial charge in [0, 0.05) is 29.6 Å². The van der Waals surface area contributed by atoms with Crippen LogP contribution in [-0.2, 0) is 6.54 Å². The van der Waals surface area contributed by atoms with E-state index < -0.39 is 0 Å². The van der Waals surface area contributed by atoms with Crippen molar-refractivity contribution in [2.24, 2.45) is 0 Å². The molecule has 0 radical (unpaired) electrons. The highest BCUT2D eigenvalue weighted by molar-refractivity contribution is 7.09. The van der Waals surface area contributed by atoms with Crippen molar-refractivity contribution in [2.45, 2.75) is 19.9 Å². The van der Waals surface area contributed by atoms with Crippen molar-refractivity contribution >= 4 is 22.8 Å². The fourth-order valence-electron chi connectivity index (χ4n) is 1.83. The van der Waals surface area contributed by atoms with Gasteiger partial charge >= 0.3 is 0 Å². The Bertz CT molecular complexity index is 502. The number of carbonyl (C=O) groups excluding carboxylic acids is 1. The summed E-state index contributed by atoms with van der Waals surface area (Å²) < 4.78 is 0. The van der Waals surface area contributed by atoms with E-state index >= 15 is 0 Å². The van der Waals surface area contributed by atoms with Crippen molar-refractivity contribution in [1.82, 2.24) is 0 Å². The fourth-order valence-corrected chi connectivity index (χ4v) is 2.59. The molecule has 3 heteroatoms. The second kappa shape index (κ2) is 5.83. The van der Waals surface area contributed by atoms with E-state index in [-0.39, 0.29) is 5.78 Å². The number of rotatable bonds is 5. The summed E-state index contributed by atoms with van der Waals surface area (Å²) in [4.78, 5) is 15.1. The molecular formula is C15H17NOS. The number of hydrogen-bond donors (Lipinski definition) is 0. The molecule has 1 aromatic heterocycles. The number of benzene rings is 1. The van der Waals surface area contributed by atoms with Crippen molar-refractivity contribution < 1.29 is 4.79 Å². The predicted octanol–water partition coefficient (Wildman–Crippen LogP) is 3.98. The van der Waals surface area contributed by atoms with Gasteiger partial charge in [0.1, 0.15) is 0 Å². The third-order valence-corrected chi connectivity index (χ3v) is 3.79. The van der Waals surface area contributed by atoms with Crippen molar-refractivity contribution in [3.05, 3.63) is 52.2 Å². The average Bonchev–Trinajstić information content (AvgIpc) is 2.91. The number of thiophene rings is 1. The lowest BCUT2D eigenvalue weighted by Gasteiger charge is -2.18. The molecule has 1 heterocycles. The summed E-state index contributed by atoms with van der Waals surface area (Å²) in [5.41, 5.74) is 1.93. The van der Waals surface area contributed by atoms with Gasteiger partial charge < -0.3 is 4.90 Å². The third kappa shape index (κ3) is 2.99. The Kier molecular flexibility index (Phi) is 4.15. The minimum Gasteiger partial charge on any atom is -0.369 e. The van der Waals surface area contributed by atoms with Gasteiger partial charge in [-0.15, -0.1) is 11.3 Å². The lowest BCUT2D eigenvalue weighted by Crippen LogP contribution is -2.15. The Balaban J connectivity index is 2.07. The van der Waals surface area contributed by atoms with Crippen molar-refractivity contribution in [3.8, 4) is 0 Å². The molecule has 0 amide bonds. The number of nitrogens with zero attached hydrogens (tertiary/aromatic N) is 1. The predicted molar refractivity (Wildman–Crippen MR) is 77.5 cm³/mol. The molecule has 0 unspecified atom stereocenters. The van der Waals surface area contributed by atoms with E-state index in [1.807, 2.05) is 31.2 Å². The molecule has 0 spiro atoms. The maximum Gasteiger partial charge on any atom is 0.162 e. The Morgan fingerprint density at radius 2 is 1.94 bits per heavy atom. The molecule has 0 N–H and O–H groups in total. The number of ketones is 1. The topological polar surface area (TPSA) is 20.3 Å². The zero-order valence-corrected chi connectivity index (χ0v) is 11.5. The Morgan fingerprint density at radius 1 is 1.22 bits per heavy atom. The molecule has 0 atom stereocenters. The molecule has 0 aliphatic rings. The first-order chi connectivity index (χ1) is 8.70. The first-order valence-corrected chi connectivity index (χ1v) is 6.95. The quantitative estimate of drug-likeness (QED) is 0.757. The van der Waals surface area contributed by atoms with E-state index in [1.165, 1.54) is 4.88 Å². The second-order valence-electron chi connectivity index (χ2n) is 4.26. The van der Waals surface area contributed by atoms with Crippen LogP contribution in [0.1, 0.15) is 28.6 Å². The van der Waals surface area contributed by atoms with Crippen LogP contribution in [0, 0.1) is 0 Å². The van der Waals surface area contributed by atoms with Crippen molar-refractivity contribution in [3.63, 3.8) is 0 Å². The molecule has 0 fully saturated rings. The standard InChI is InChI=1S/C15H17NOS/c1-3-15(17)12-6-8-13(9-7-12)16(2)11-14-5-4-10-18-14/h4-10H,3,11H2,1-2H3. The van der Waals surface area contributed by atoms with Crippen LogP contribution < -0.4 is 4.90 Å². The molecule has 2 rings (SSSR count). The molecule has 0 bridgehead atoms. The van der Waals surface area contributed by atoms with Crippen LogP contribution in [0.15, 0.2) is 41.8 Å². The number of hydrogen-bond acceptors (Lipinski definition) is 3. The maximum absolute atomic E-state index is 11.5. The minimum absolute atomic E-state index is 0.197. The van der Waals surface area contributed by atoms with Crippen LogP contribution in [0.25, 0.3) is 0 Å². The normalized spacial score (nSPS) is 10.3. The zero-order valence-electron chi connectivity index (χ0n) is 10.7. The van der Waals surface area contributed by atoms with Gasteiger partial charge in [0.15, 0.2) is 5.78 Å². The Labute approximate surface area is 112 Å². The average molecular weight is 259 g/mol. The van der Waals surface area contributed by atoms with E-state index in [0.29, 0.717) is 6.42 Å². The molecule has 1 aromatic carbocycles. The van der Waals surface area contributed by atoms with Gasteiger partial charge in [-0.05, 0) is 35.7 Å². The van der Waals surface area contributed by atoms with Gasteiger partial charge in [-0.2, -0.15) is 0 Å². The summed E-state index contributed by atoms with van der Waals surface area (Å²) in [6.07, 6.45) is 0.560. The van der Waals surface area contributed by atoms with E-state index in [2.05, 4.69) is 29.5 Å². The van der Waals surface area contributed by atoms with Gasteiger partial charge in [0.2, 0.25) is 0 Å². The van der Waals surface area contributed by atoms with Crippen LogP contribution in [-0.4, -0.2) is 12.8 Å². The molecule has 18 heavy (non-hydrogen) atoms. The van der Waals surface area contributed by atoms with Gasteiger partial charge in [0.25, 0.3) is 0 Å². The number of anilines is 1. The number of carbonyl (C=O) groups is 1. The van der Waals surface area contributed by atoms with Gasteiger partial charge in [-0.1, -0.05) is 13.0 Å². The lowest BCUT2D eigenvalue weighted by molar-refractivity contribution is 0.0988. The van der Waals surface area contributed by atoms with E-state index in [0.717, 1.165) is 17.8 Å². The van der Waals surface area contributed by atoms with Crippen LogP contribution >= 0.6 is 11.3 Å². The smallest absolute Gasteiger partial charge is 0.162 e. The van der Waals surface area contributed by atoms with Gasteiger partial charge in [-0.25, -0.2) is 0 Å². The molecule has 0 saturated heterocycles. The highest BCUT2D eigenvalue weighted by atomic mass is 32.1. The molecule has 94 valence electrons. The molecule has 2 aromatic rings. The summed E-state index contributed by atoms with van der Waals surface area (Å²) in [5.74, 6) is 0.197. The van der Waals surface area contributed by atoms with Gasteiger partial charge in [-0.3, -0.25) is 4.79 Å². The minimum atomic E-state index is 0.197. The molecule has 0 aliphatic carbocycles. The fraction of sp³-hybridized carbons (Fsp3) is 0.267. The van der Waals surface area contributed by atoms with E-state index in [1.54, 1.807) is 11.3 Å². The summed E-state index contributed by atoms with van der Waals surface area (Å²) in [7, 11) is 2.07. The first kappa shape index (κ1) is 12.8. The SMILES string of the molecule is CCC(=O)c1ccc(N(C)Cc2cccs2)cc1. The van der Waals surface area contributed by atoms with Crippen molar-refractivity contribution in [1.29, 1.82) is 0 Å². The van der Waals surface area contributed by atoms with E-state index in [4.69, 9.17) is 0 Å². The first-order valence-electron chi connectivity index (χ1n) is 6.07. The third-order valence-electron chi connectivity index (χ3n) is 2.92. The van der Waals surface area contributed by atoms with Crippen LogP contribution in [0.2, 0.25) is 0 Å². The summed E-state index contributed by atoms with van der Waals surface area (Å²) in [6.45, 7) is 2.79. The molecule has 0 saturated carbocycles. The summed E-state index contributed by atoms with van der Waals surface area (Å²) in [6, 6.07) is 12.0. The highest BCUT2D eigenvalue weighted by Crippen LogP contribution is 2.19. The Morgan fingerprint density at radius 3 is 2.50 bits per heavy atom. The molecule has 2 nitrogen and oxygen atoms in total. The monoisotopic (exact) mass is 259 g/mol. The molecule has 0 aliphatic heterocycles. The maximum atomic E-state index is 11.5. The van der Waals surface area contributed by atoms with Gasteiger partial charge in [0.05, 0.1) is 6.54 Å². The van der Waals surface area contributed by atoms with E-state index in [9.17, 15) is 4.79 Å². The van der Waals surface area contributed by atoms with Crippen LogP contribution in [0.5, 0.6) is 0 Å². The zero-order chi connectivity index (χ0) is 13.0. The number of Topliss-reactive ketones (excluding diaryl/α,β-unsaturated/α-hetero) is 1. The highest BCUT2D eigenvalue weighted by Gasteiger charge is 2.05. The summed E-state index contributed by atoms with van der Waals surface area (Å²) >= 11 is 1.76. The second-order valence-corrected chi connectivity index (χ2v) is 5.29. The van der Waals surface area contributed by atoms with Crippen molar-refractivity contribution in [2.75, 3.05) is 11.9 Å². The Hall–Kier alpha value is -1.61. The lowest BCUT2D eigenvalue weighted by atomic mass is 10.1. The summed E-state index contributed by atoms with van der Waals surface area (Å²) in [5, 5.41) is 2.09.